The van der Waals surface area contributed by atoms with Gasteiger partial charge in [-0.3, -0.25) is 4.90 Å². The molecule has 1 fully saturated rings. The molecular formula is C17H29NO2. The molecule has 0 spiro atoms. The summed E-state index contributed by atoms with van der Waals surface area (Å²) in [5.41, 5.74) is 1.14. The molecule has 2 atom stereocenters. The summed E-state index contributed by atoms with van der Waals surface area (Å²) in [5, 5.41) is 0. The molecule has 2 unspecified atom stereocenters. The molecule has 0 aliphatic carbocycles. The molecule has 1 saturated heterocycles. The topological polar surface area (TPSA) is 29.5 Å². The first-order valence-corrected chi connectivity index (χ1v) is 7.97. The lowest BCUT2D eigenvalue weighted by atomic mass is 9.94. The van der Waals surface area contributed by atoms with Crippen LogP contribution < -0.4 is 0 Å². The number of amides is 1. The smallest absolute Gasteiger partial charge is 0.411 e. The lowest BCUT2D eigenvalue weighted by Gasteiger charge is -2.35. The van der Waals surface area contributed by atoms with Crippen molar-refractivity contribution in [3.05, 3.63) is 11.6 Å². The van der Waals surface area contributed by atoms with Crippen LogP contribution in [-0.4, -0.2) is 28.7 Å². The predicted molar refractivity (Wildman–Crippen MR) is 81.7 cm³/mol. The Morgan fingerprint density at radius 2 is 2.10 bits per heavy atom. The molecular weight excluding hydrogens is 250 g/mol. The highest BCUT2D eigenvalue weighted by molar-refractivity contribution is 5.70. The zero-order valence-electron chi connectivity index (χ0n) is 13.6. The first-order chi connectivity index (χ1) is 9.26. The van der Waals surface area contributed by atoms with Gasteiger partial charge in [0.15, 0.2) is 0 Å². The summed E-state index contributed by atoms with van der Waals surface area (Å²) < 4.78 is 5.55. The molecule has 2 rings (SSSR count). The maximum atomic E-state index is 12.3. The van der Waals surface area contributed by atoms with Gasteiger partial charge in [0.1, 0.15) is 5.60 Å². The van der Waals surface area contributed by atoms with Crippen molar-refractivity contribution >= 4 is 6.09 Å². The Kier molecular flexibility index (Phi) is 4.46. The van der Waals surface area contributed by atoms with Crippen LogP contribution in [0.5, 0.6) is 0 Å². The van der Waals surface area contributed by atoms with Gasteiger partial charge in [-0.25, -0.2) is 4.79 Å². The standard InChI is InChI=1S/C17H29NO2/c1-12(2)6-7-13-10-14-8-9-15(11-13)18(14)16(19)20-17(3,4)5/h10,12,14-15H,6-9,11H2,1-5H3. The van der Waals surface area contributed by atoms with Crippen molar-refractivity contribution in [3.8, 4) is 0 Å². The fraction of sp³-hybridized carbons (Fsp3) is 0.824. The molecule has 3 heteroatoms. The summed E-state index contributed by atoms with van der Waals surface area (Å²) in [6.45, 7) is 10.3. The minimum atomic E-state index is -0.405. The van der Waals surface area contributed by atoms with Gasteiger partial charge in [0.25, 0.3) is 0 Å². The molecule has 0 radical (unpaired) electrons. The van der Waals surface area contributed by atoms with Gasteiger partial charge < -0.3 is 4.74 Å². The second-order valence-corrected chi connectivity index (χ2v) is 7.65. The summed E-state index contributed by atoms with van der Waals surface area (Å²) in [6, 6.07) is 0.632. The van der Waals surface area contributed by atoms with Gasteiger partial charge in [-0.15, -0.1) is 0 Å². The Labute approximate surface area is 123 Å². The highest BCUT2D eigenvalue weighted by atomic mass is 16.6. The van der Waals surface area contributed by atoms with Crippen molar-refractivity contribution in [2.75, 3.05) is 0 Å². The number of nitrogens with zero attached hydrogens (tertiary/aromatic N) is 1. The number of carbonyl (C=O) groups is 1. The van der Waals surface area contributed by atoms with E-state index in [1.165, 1.54) is 12.8 Å². The van der Waals surface area contributed by atoms with E-state index in [4.69, 9.17) is 4.74 Å². The van der Waals surface area contributed by atoms with Gasteiger partial charge in [0.05, 0.1) is 6.04 Å². The van der Waals surface area contributed by atoms with Gasteiger partial charge in [0.2, 0.25) is 0 Å². The minimum Gasteiger partial charge on any atom is -0.444 e. The third kappa shape index (κ3) is 3.77. The Balaban J connectivity index is 2.00. The van der Waals surface area contributed by atoms with Gasteiger partial charge in [0, 0.05) is 6.04 Å². The normalized spacial score (nSPS) is 25.9. The summed E-state index contributed by atoms with van der Waals surface area (Å²) in [6.07, 6.45) is 7.88. The number of ether oxygens (including phenoxy) is 1. The quantitative estimate of drug-likeness (QED) is 0.711. The summed E-state index contributed by atoms with van der Waals surface area (Å²) in [5.74, 6) is 0.748. The third-order valence-corrected chi connectivity index (χ3v) is 4.12. The average molecular weight is 279 g/mol. The average Bonchev–Trinajstić information content (AvgIpc) is 2.56. The number of hydrogen-bond donors (Lipinski definition) is 0. The van der Waals surface area contributed by atoms with Crippen LogP contribution in [0.1, 0.15) is 66.7 Å². The second-order valence-electron chi connectivity index (χ2n) is 7.65. The van der Waals surface area contributed by atoms with Gasteiger partial charge >= 0.3 is 6.09 Å². The highest BCUT2D eigenvalue weighted by Gasteiger charge is 2.41. The number of rotatable bonds is 3. The van der Waals surface area contributed by atoms with Gasteiger partial charge in [-0.2, -0.15) is 0 Å². The maximum Gasteiger partial charge on any atom is 0.411 e. The fourth-order valence-corrected chi connectivity index (χ4v) is 3.18. The highest BCUT2D eigenvalue weighted by Crippen LogP contribution is 2.37. The van der Waals surface area contributed by atoms with Crippen LogP contribution in [0, 0.1) is 5.92 Å². The van der Waals surface area contributed by atoms with E-state index < -0.39 is 5.60 Å². The maximum absolute atomic E-state index is 12.3. The van der Waals surface area contributed by atoms with Crippen LogP contribution in [0.15, 0.2) is 11.6 Å². The molecule has 114 valence electrons. The van der Waals surface area contributed by atoms with Crippen molar-refractivity contribution in [1.82, 2.24) is 4.90 Å². The van der Waals surface area contributed by atoms with E-state index in [0.29, 0.717) is 6.04 Å². The molecule has 2 aliphatic rings. The Hall–Kier alpha value is -0.990. The first-order valence-electron chi connectivity index (χ1n) is 7.97. The molecule has 2 heterocycles. The summed E-state index contributed by atoms with van der Waals surface area (Å²) in [7, 11) is 0. The molecule has 2 aliphatic heterocycles. The zero-order valence-corrected chi connectivity index (χ0v) is 13.6. The van der Waals surface area contributed by atoms with Gasteiger partial charge in [-0.1, -0.05) is 25.5 Å². The van der Waals surface area contributed by atoms with E-state index in [-0.39, 0.29) is 12.1 Å². The Morgan fingerprint density at radius 3 is 2.65 bits per heavy atom. The molecule has 1 amide bonds. The molecule has 0 aromatic heterocycles. The van der Waals surface area contributed by atoms with Crippen molar-refractivity contribution < 1.29 is 9.53 Å². The van der Waals surface area contributed by atoms with Crippen molar-refractivity contribution in [2.24, 2.45) is 5.92 Å². The van der Waals surface area contributed by atoms with E-state index in [2.05, 4.69) is 19.9 Å². The van der Waals surface area contributed by atoms with E-state index in [9.17, 15) is 4.79 Å². The van der Waals surface area contributed by atoms with Crippen LogP contribution in [0.3, 0.4) is 0 Å². The Morgan fingerprint density at radius 1 is 1.40 bits per heavy atom. The van der Waals surface area contributed by atoms with E-state index >= 15 is 0 Å². The summed E-state index contributed by atoms with van der Waals surface area (Å²) >= 11 is 0. The lowest BCUT2D eigenvalue weighted by molar-refractivity contribution is 0.0166. The second kappa shape index (κ2) is 5.79. The largest absolute Gasteiger partial charge is 0.444 e. The van der Waals surface area contributed by atoms with E-state index in [1.54, 1.807) is 5.57 Å². The van der Waals surface area contributed by atoms with Gasteiger partial charge in [-0.05, 0) is 58.8 Å². The summed E-state index contributed by atoms with van der Waals surface area (Å²) in [4.78, 5) is 14.3. The number of carbonyl (C=O) groups excluding carboxylic acids is 1. The van der Waals surface area contributed by atoms with Crippen molar-refractivity contribution in [2.45, 2.75) is 84.4 Å². The third-order valence-electron chi connectivity index (χ3n) is 4.12. The molecule has 0 aromatic rings. The molecule has 0 N–H and O–H groups in total. The molecule has 20 heavy (non-hydrogen) atoms. The first kappa shape index (κ1) is 15.4. The number of hydrogen-bond acceptors (Lipinski definition) is 2. The van der Waals surface area contributed by atoms with E-state index in [1.807, 2.05) is 25.7 Å². The monoisotopic (exact) mass is 279 g/mol. The molecule has 0 saturated carbocycles. The molecule has 2 bridgehead atoms. The van der Waals surface area contributed by atoms with Crippen LogP contribution in [0.2, 0.25) is 0 Å². The van der Waals surface area contributed by atoms with Crippen LogP contribution in [0.4, 0.5) is 4.79 Å². The van der Waals surface area contributed by atoms with Crippen LogP contribution >= 0.6 is 0 Å². The van der Waals surface area contributed by atoms with Crippen molar-refractivity contribution in [3.63, 3.8) is 0 Å². The zero-order chi connectivity index (χ0) is 14.9. The Bertz CT molecular complexity index is 392. The van der Waals surface area contributed by atoms with E-state index in [0.717, 1.165) is 25.2 Å². The van der Waals surface area contributed by atoms with Crippen LogP contribution in [-0.2, 0) is 4.74 Å². The minimum absolute atomic E-state index is 0.135. The van der Waals surface area contributed by atoms with Crippen LogP contribution in [0.25, 0.3) is 0 Å². The number of fused-ring (bicyclic) bond motifs is 2. The molecule has 3 nitrogen and oxygen atoms in total. The lowest BCUT2D eigenvalue weighted by Crippen LogP contribution is -2.45. The molecule has 0 aromatic carbocycles. The van der Waals surface area contributed by atoms with Crippen molar-refractivity contribution in [1.29, 1.82) is 0 Å². The predicted octanol–water partition coefficient (Wildman–Crippen LogP) is 4.52. The fourth-order valence-electron chi connectivity index (χ4n) is 3.18. The SMILES string of the molecule is CC(C)CCC1=CC2CCC(C1)N2C(=O)OC(C)(C)C.